The summed E-state index contributed by atoms with van der Waals surface area (Å²) in [7, 11) is 0. The van der Waals surface area contributed by atoms with Gasteiger partial charge in [0.1, 0.15) is 17.0 Å². The van der Waals surface area contributed by atoms with E-state index in [1.165, 1.54) is 35.6 Å². The summed E-state index contributed by atoms with van der Waals surface area (Å²) in [5.74, 6) is -0.782. The van der Waals surface area contributed by atoms with E-state index in [1.807, 2.05) is 0 Å². The predicted molar refractivity (Wildman–Crippen MR) is 93.7 cm³/mol. The smallest absolute Gasteiger partial charge is 0.206 e. The lowest BCUT2D eigenvalue weighted by Gasteiger charge is -1.94. The molecule has 4 aromatic carbocycles. The van der Waals surface area contributed by atoms with E-state index in [-0.39, 0.29) is 11.2 Å². The van der Waals surface area contributed by atoms with Gasteiger partial charge in [0.05, 0.1) is 14.8 Å². The molecule has 25 heavy (non-hydrogen) atoms. The molecule has 0 aliphatic carbocycles. The first-order chi connectivity index (χ1) is 12.1. The quantitative estimate of drug-likeness (QED) is 0.415. The predicted octanol–water partition coefficient (Wildman–Crippen LogP) is 4.38. The van der Waals surface area contributed by atoms with Gasteiger partial charge in [-0.2, -0.15) is 10.3 Å². The monoisotopic (exact) mass is 347 g/mol. The van der Waals surface area contributed by atoms with Gasteiger partial charge in [-0.15, -0.1) is 11.3 Å². The largest absolute Gasteiger partial charge is 0.299 e. The molecule has 0 amide bonds. The van der Waals surface area contributed by atoms with Crippen LogP contribution in [0.15, 0.2) is 41.4 Å². The summed E-state index contributed by atoms with van der Waals surface area (Å²) in [6, 6.07) is 8.81. The highest BCUT2D eigenvalue weighted by atomic mass is 32.1. The van der Waals surface area contributed by atoms with Crippen LogP contribution in [0.1, 0.15) is 0 Å². The van der Waals surface area contributed by atoms with Crippen LogP contribution < -0.4 is 10.7 Å². The minimum atomic E-state index is -0.397. The van der Waals surface area contributed by atoms with Gasteiger partial charge in [0, 0.05) is 21.5 Å². The summed E-state index contributed by atoms with van der Waals surface area (Å²) in [4.78, 5) is 3.89. The van der Waals surface area contributed by atoms with Crippen LogP contribution in [-0.4, -0.2) is 0 Å². The number of rotatable bonds is 0. The Labute approximate surface area is 142 Å². The topological polar surface area (TPSA) is 60.0 Å². The van der Waals surface area contributed by atoms with Crippen LogP contribution in [0.25, 0.3) is 41.7 Å². The lowest BCUT2D eigenvalue weighted by atomic mass is 10.1. The van der Waals surface area contributed by atoms with Gasteiger partial charge in [-0.05, 0) is 35.0 Å². The third-order valence-corrected chi connectivity index (χ3v) is 5.75. The number of hydrogen-bond donors (Lipinski definition) is 1. The highest BCUT2D eigenvalue weighted by molar-refractivity contribution is 7.26. The van der Waals surface area contributed by atoms with E-state index in [0.29, 0.717) is 16.1 Å². The number of benzene rings is 2. The third-order valence-electron chi connectivity index (χ3n) is 4.54. The Morgan fingerprint density at radius 1 is 0.880 bits per heavy atom. The highest BCUT2D eigenvalue weighted by Gasteiger charge is 2.20. The van der Waals surface area contributed by atoms with Crippen LogP contribution >= 0.6 is 11.3 Å². The van der Waals surface area contributed by atoms with Gasteiger partial charge in [0.15, 0.2) is 0 Å². The summed E-state index contributed by atoms with van der Waals surface area (Å²) >= 11 is 1.34. The van der Waals surface area contributed by atoms with Gasteiger partial charge in [-0.3, -0.25) is 5.41 Å². The Bertz CT molecular complexity index is 1500. The fraction of sp³-hybridized carbons (Fsp3) is 0. The molecule has 1 heterocycles. The molecule has 0 unspecified atom stereocenters. The molecule has 0 atom stereocenters. The molecule has 0 saturated carbocycles. The molecule has 0 saturated heterocycles. The van der Waals surface area contributed by atoms with Crippen molar-refractivity contribution >= 4 is 53.1 Å². The lowest BCUT2D eigenvalue weighted by Crippen LogP contribution is -1.97. The van der Waals surface area contributed by atoms with Crippen LogP contribution in [0.5, 0.6) is 0 Å². The molecule has 0 spiro atoms. The van der Waals surface area contributed by atoms with Crippen LogP contribution in [0.3, 0.4) is 0 Å². The van der Waals surface area contributed by atoms with E-state index < -0.39 is 5.82 Å². The normalized spacial score (nSPS) is 12.8. The average molecular weight is 347 g/mol. The first-order valence-corrected chi connectivity index (χ1v) is 8.25. The Hall–Kier alpha value is -3.17. The summed E-state index contributed by atoms with van der Waals surface area (Å²) in [5.41, 5.74) is 0. The fourth-order valence-corrected chi connectivity index (χ4v) is 4.86. The van der Waals surface area contributed by atoms with Crippen LogP contribution in [0.2, 0.25) is 0 Å². The van der Waals surface area contributed by atoms with Gasteiger partial charge in [-0.1, -0.05) is 12.1 Å². The molecule has 0 bridgehead atoms. The number of nitriles is 1. The molecule has 118 valence electrons. The van der Waals surface area contributed by atoms with Crippen LogP contribution in [0.4, 0.5) is 8.78 Å². The number of nitrogens with one attached hydrogen (secondary N) is 1. The van der Waals surface area contributed by atoms with E-state index in [4.69, 9.17) is 10.7 Å². The lowest BCUT2D eigenvalue weighted by molar-refractivity contribution is 0.629. The van der Waals surface area contributed by atoms with E-state index in [0.717, 1.165) is 30.9 Å². The summed E-state index contributed by atoms with van der Waals surface area (Å²) in [5, 5.41) is 22.5. The SMILES string of the molecule is N#CN=c1c2cc(F)ccc2c2c1sc1c(=N)c3cc(F)ccc3c12. The zero-order chi connectivity index (χ0) is 17.3. The van der Waals surface area contributed by atoms with Crippen molar-refractivity contribution < 1.29 is 8.78 Å². The molecule has 1 aromatic heterocycles. The standard InChI is InChI=1S/C19H7F2N3S/c20-8-1-3-10-12(5-8)16(23)18-14(10)15-11-4-2-9(21)6-13(11)17(24-7-22)19(15)25-18/h1-6,23H. The maximum Gasteiger partial charge on any atom is 0.206 e. The number of nitrogens with zero attached hydrogens (tertiary/aromatic N) is 2. The van der Waals surface area contributed by atoms with Crippen molar-refractivity contribution in [2.24, 2.45) is 4.99 Å². The first-order valence-electron chi connectivity index (χ1n) is 7.43. The molecule has 3 nitrogen and oxygen atoms in total. The Morgan fingerprint density at radius 2 is 1.48 bits per heavy atom. The molecule has 6 heteroatoms. The van der Waals surface area contributed by atoms with Gasteiger partial charge in [-0.25, -0.2) is 8.78 Å². The fourth-order valence-electron chi connectivity index (χ4n) is 3.57. The van der Waals surface area contributed by atoms with E-state index in [9.17, 15) is 8.78 Å². The molecule has 0 aliphatic rings. The van der Waals surface area contributed by atoms with Crippen molar-refractivity contribution in [2.75, 3.05) is 0 Å². The average Bonchev–Trinajstić information content (AvgIpc) is 3.18. The minimum Gasteiger partial charge on any atom is -0.299 e. The van der Waals surface area contributed by atoms with Crippen molar-refractivity contribution in [3.8, 4) is 6.19 Å². The number of hydrogen-bond acceptors (Lipinski definition) is 4. The number of thiophene rings is 1. The van der Waals surface area contributed by atoms with Crippen molar-refractivity contribution in [1.82, 2.24) is 0 Å². The maximum atomic E-state index is 13.7. The summed E-state index contributed by atoms with van der Waals surface area (Å²) in [6.07, 6.45) is 1.78. The number of fused-ring (bicyclic) bond motifs is 7. The van der Waals surface area contributed by atoms with Crippen LogP contribution in [-0.2, 0) is 0 Å². The molecular weight excluding hydrogens is 340 g/mol. The molecule has 1 N–H and O–H groups in total. The summed E-state index contributed by atoms with van der Waals surface area (Å²) < 4.78 is 28.8. The molecular formula is C19H7F2N3S. The van der Waals surface area contributed by atoms with E-state index in [2.05, 4.69) is 4.99 Å². The van der Waals surface area contributed by atoms with Crippen molar-refractivity contribution in [2.45, 2.75) is 0 Å². The van der Waals surface area contributed by atoms with Gasteiger partial charge >= 0.3 is 0 Å². The van der Waals surface area contributed by atoms with E-state index in [1.54, 1.807) is 18.3 Å². The second kappa shape index (κ2) is 4.68. The van der Waals surface area contributed by atoms with Gasteiger partial charge in [0.25, 0.3) is 0 Å². The zero-order valence-electron chi connectivity index (χ0n) is 12.5. The molecule has 5 rings (SSSR count). The maximum absolute atomic E-state index is 13.7. The molecule has 0 fully saturated rings. The molecule has 5 aromatic rings. The second-order valence-corrected chi connectivity index (χ2v) is 6.85. The minimum absolute atomic E-state index is 0.267. The van der Waals surface area contributed by atoms with Gasteiger partial charge < -0.3 is 0 Å². The first kappa shape index (κ1) is 14.2. The second-order valence-electron chi connectivity index (χ2n) is 5.83. The van der Waals surface area contributed by atoms with Crippen molar-refractivity contribution in [3.05, 3.63) is 58.7 Å². The van der Waals surface area contributed by atoms with E-state index >= 15 is 0 Å². The summed E-state index contributed by atoms with van der Waals surface area (Å²) in [6.45, 7) is 0. The molecule has 0 radical (unpaired) electrons. The zero-order valence-corrected chi connectivity index (χ0v) is 13.3. The number of halogens is 2. The Kier molecular flexibility index (Phi) is 2.66. The third kappa shape index (κ3) is 1.70. The van der Waals surface area contributed by atoms with Crippen molar-refractivity contribution in [1.29, 1.82) is 10.7 Å². The molecule has 0 aliphatic heterocycles. The van der Waals surface area contributed by atoms with Gasteiger partial charge in [0.2, 0.25) is 6.19 Å². The van der Waals surface area contributed by atoms with Crippen LogP contribution in [0, 0.1) is 28.5 Å². The highest BCUT2D eigenvalue weighted by Crippen LogP contribution is 2.41. The van der Waals surface area contributed by atoms with Crippen molar-refractivity contribution in [3.63, 3.8) is 0 Å². The Balaban J connectivity index is 2.17. The Morgan fingerprint density at radius 3 is 2.16 bits per heavy atom.